The van der Waals surface area contributed by atoms with E-state index in [-0.39, 0.29) is 16.9 Å². The number of thiophene rings is 1. The molecule has 11 heteroatoms. The fourth-order valence-electron chi connectivity index (χ4n) is 2.15. The van der Waals surface area contributed by atoms with E-state index in [1.54, 1.807) is 12.3 Å². The standard InChI is InChI=1S/C14H11BrF2N3O3PS/c15-11-9-3-7(13(21)19-5-8-4-18-6-20-8)1-2-10(9)25-12(11)14(16,17)24(22)23/h1-4,6,22-23H,5H2,(H,18,20)(H,19,21). The fourth-order valence-corrected chi connectivity index (χ4v) is 4.88. The Morgan fingerprint density at radius 3 is 2.84 bits per heavy atom. The number of amides is 1. The molecule has 3 aromatic rings. The van der Waals surface area contributed by atoms with E-state index in [4.69, 9.17) is 9.79 Å². The lowest BCUT2D eigenvalue weighted by Crippen LogP contribution is -2.22. The molecule has 2 heterocycles. The van der Waals surface area contributed by atoms with Gasteiger partial charge in [-0.15, -0.1) is 11.3 Å². The third-order valence-corrected chi connectivity index (χ3v) is 6.61. The first-order chi connectivity index (χ1) is 11.8. The summed E-state index contributed by atoms with van der Waals surface area (Å²) in [7, 11) is -3.46. The van der Waals surface area contributed by atoms with E-state index in [1.165, 1.54) is 18.5 Å². The number of benzene rings is 1. The molecule has 0 bridgehead atoms. The van der Waals surface area contributed by atoms with E-state index in [0.29, 0.717) is 15.6 Å². The van der Waals surface area contributed by atoms with Crippen LogP contribution in [0.5, 0.6) is 0 Å². The minimum Gasteiger partial charge on any atom is -0.347 e. The number of fused-ring (bicyclic) bond motifs is 1. The second kappa shape index (κ2) is 7.05. The number of rotatable bonds is 5. The molecule has 1 amide bonds. The van der Waals surface area contributed by atoms with Gasteiger partial charge in [-0.25, -0.2) is 4.98 Å². The third-order valence-electron chi connectivity index (χ3n) is 3.41. The van der Waals surface area contributed by atoms with Crippen LogP contribution in [0, 0.1) is 0 Å². The number of imidazole rings is 1. The Bertz CT molecular complexity index is 918. The topological polar surface area (TPSA) is 98.2 Å². The Morgan fingerprint density at radius 2 is 2.20 bits per heavy atom. The first kappa shape index (κ1) is 18.3. The summed E-state index contributed by atoms with van der Waals surface area (Å²) in [6, 6.07) is 4.55. The van der Waals surface area contributed by atoms with Gasteiger partial charge in [0.15, 0.2) is 0 Å². The summed E-state index contributed by atoms with van der Waals surface area (Å²) in [5, 5.41) is 3.10. The monoisotopic (exact) mass is 449 g/mol. The van der Waals surface area contributed by atoms with Gasteiger partial charge in [0.1, 0.15) is 0 Å². The molecule has 0 fully saturated rings. The van der Waals surface area contributed by atoms with Crippen LogP contribution in [-0.2, 0) is 12.2 Å². The molecule has 4 N–H and O–H groups in total. The van der Waals surface area contributed by atoms with Crippen molar-refractivity contribution in [2.75, 3.05) is 0 Å². The molecule has 0 aliphatic rings. The Balaban J connectivity index is 1.89. The summed E-state index contributed by atoms with van der Waals surface area (Å²) in [5.41, 5.74) is -2.72. The molecule has 0 saturated carbocycles. The van der Waals surface area contributed by atoms with Gasteiger partial charge < -0.3 is 20.1 Å². The maximum Gasteiger partial charge on any atom is 0.349 e. The Hall–Kier alpha value is -1.45. The highest BCUT2D eigenvalue weighted by Gasteiger charge is 2.44. The SMILES string of the molecule is O=C(NCc1cnc[nH]1)c1ccc2sc(C(F)(F)P(O)O)c(Br)c2c1. The molecule has 0 saturated heterocycles. The number of carbonyl (C=O) groups is 1. The maximum absolute atomic E-state index is 13.9. The highest BCUT2D eigenvalue weighted by atomic mass is 79.9. The van der Waals surface area contributed by atoms with Crippen molar-refractivity contribution in [1.29, 1.82) is 0 Å². The summed E-state index contributed by atoms with van der Waals surface area (Å²) in [6.07, 6.45) is 3.07. The van der Waals surface area contributed by atoms with E-state index in [1.807, 2.05) is 0 Å². The quantitative estimate of drug-likeness (QED) is 0.446. The number of H-pyrrole nitrogens is 1. The van der Waals surface area contributed by atoms with E-state index < -0.39 is 18.9 Å². The molecule has 3 rings (SSSR count). The summed E-state index contributed by atoms with van der Waals surface area (Å²) < 4.78 is 28.4. The van der Waals surface area contributed by atoms with Crippen LogP contribution in [-0.4, -0.2) is 25.7 Å². The van der Waals surface area contributed by atoms with Gasteiger partial charge in [0, 0.05) is 26.3 Å². The molecule has 2 aromatic heterocycles. The molecule has 0 radical (unpaired) electrons. The number of halogens is 3. The Morgan fingerprint density at radius 1 is 1.44 bits per heavy atom. The molecule has 132 valence electrons. The van der Waals surface area contributed by atoms with E-state index in [2.05, 4.69) is 31.2 Å². The van der Waals surface area contributed by atoms with Crippen molar-refractivity contribution in [3.8, 4) is 0 Å². The average Bonchev–Trinajstić information content (AvgIpc) is 3.20. The number of aromatic nitrogens is 2. The predicted octanol–water partition coefficient (Wildman–Crippen LogP) is 3.66. The molecule has 0 atom stereocenters. The van der Waals surface area contributed by atoms with Gasteiger partial charge >= 0.3 is 5.66 Å². The molecular formula is C14H11BrF2N3O3PS. The number of nitrogens with one attached hydrogen (secondary N) is 2. The maximum atomic E-state index is 13.9. The molecule has 25 heavy (non-hydrogen) atoms. The van der Waals surface area contributed by atoms with Gasteiger partial charge in [-0.05, 0) is 34.1 Å². The van der Waals surface area contributed by atoms with E-state index in [0.717, 1.165) is 17.0 Å². The third kappa shape index (κ3) is 3.58. The smallest absolute Gasteiger partial charge is 0.347 e. The number of nitrogens with zero attached hydrogens (tertiary/aromatic N) is 1. The van der Waals surface area contributed by atoms with Crippen LogP contribution in [0.4, 0.5) is 8.78 Å². The van der Waals surface area contributed by atoms with Crippen LogP contribution in [0.2, 0.25) is 0 Å². The van der Waals surface area contributed by atoms with Crippen molar-refractivity contribution >= 4 is 51.6 Å². The van der Waals surface area contributed by atoms with Crippen molar-refractivity contribution in [2.24, 2.45) is 0 Å². The van der Waals surface area contributed by atoms with Gasteiger partial charge in [-0.1, -0.05) is 0 Å². The second-order valence-corrected chi connectivity index (χ2v) is 8.03. The summed E-state index contributed by atoms with van der Waals surface area (Å²) in [6.45, 7) is 0.254. The van der Waals surface area contributed by atoms with Crippen molar-refractivity contribution in [3.63, 3.8) is 0 Å². The van der Waals surface area contributed by atoms with Crippen molar-refractivity contribution < 1.29 is 23.4 Å². The predicted molar refractivity (Wildman–Crippen MR) is 94.5 cm³/mol. The molecule has 0 spiro atoms. The van der Waals surface area contributed by atoms with Crippen LogP contribution in [0.3, 0.4) is 0 Å². The lowest BCUT2D eigenvalue weighted by molar-refractivity contribution is 0.0766. The number of aromatic amines is 1. The zero-order chi connectivity index (χ0) is 18.2. The van der Waals surface area contributed by atoms with Crippen LogP contribution < -0.4 is 5.32 Å². The molecule has 1 aromatic carbocycles. The van der Waals surface area contributed by atoms with Gasteiger partial charge in [-0.2, -0.15) is 8.78 Å². The highest BCUT2D eigenvalue weighted by molar-refractivity contribution is 9.10. The zero-order valence-electron chi connectivity index (χ0n) is 12.3. The fraction of sp³-hybridized carbons (Fsp3) is 0.143. The first-order valence-electron chi connectivity index (χ1n) is 6.84. The van der Waals surface area contributed by atoms with Crippen molar-refractivity contribution in [2.45, 2.75) is 12.2 Å². The lowest BCUT2D eigenvalue weighted by Gasteiger charge is -2.15. The zero-order valence-corrected chi connectivity index (χ0v) is 15.6. The molecule has 0 aliphatic carbocycles. The minimum atomic E-state index is -3.75. The largest absolute Gasteiger partial charge is 0.349 e. The van der Waals surface area contributed by atoms with Crippen LogP contribution in [0.1, 0.15) is 20.9 Å². The number of hydrogen-bond donors (Lipinski definition) is 4. The van der Waals surface area contributed by atoms with E-state index >= 15 is 0 Å². The molecule has 6 nitrogen and oxygen atoms in total. The highest BCUT2D eigenvalue weighted by Crippen LogP contribution is 2.57. The van der Waals surface area contributed by atoms with Gasteiger partial charge in [-0.3, -0.25) is 4.79 Å². The van der Waals surface area contributed by atoms with Crippen LogP contribution in [0.25, 0.3) is 10.1 Å². The van der Waals surface area contributed by atoms with Crippen LogP contribution in [0.15, 0.2) is 35.2 Å². The normalized spacial score (nSPS) is 12.1. The van der Waals surface area contributed by atoms with Gasteiger partial charge in [0.25, 0.3) is 5.91 Å². The van der Waals surface area contributed by atoms with Crippen molar-refractivity contribution in [1.82, 2.24) is 15.3 Å². The Kier molecular flexibility index (Phi) is 5.17. The first-order valence-corrected chi connectivity index (χ1v) is 9.70. The molecular weight excluding hydrogens is 439 g/mol. The molecule has 0 aliphatic heterocycles. The average molecular weight is 450 g/mol. The Labute approximate surface area is 154 Å². The molecule has 0 unspecified atom stereocenters. The van der Waals surface area contributed by atoms with Crippen molar-refractivity contribution in [3.05, 3.63) is 51.3 Å². The number of carbonyl (C=O) groups excluding carboxylic acids is 1. The lowest BCUT2D eigenvalue weighted by atomic mass is 10.1. The van der Waals surface area contributed by atoms with Crippen LogP contribution >= 0.6 is 35.6 Å². The number of alkyl halides is 2. The second-order valence-electron chi connectivity index (χ2n) is 5.05. The van der Waals surface area contributed by atoms with E-state index in [9.17, 15) is 13.6 Å². The summed E-state index contributed by atoms with van der Waals surface area (Å²) in [4.78, 5) is 36.4. The minimum absolute atomic E-state index is 0.0521. The number of hydrogen-bond acceptors (Lipinski definition) is 5. The summed E-state index contributed by atoms with van der Waals surface area (Å²) in [5.74, 6) is -0.366. The van der Waals surface area contributed by atoms with Gasteiger partial charge in [0.2, 0.25) is 8.38 Å². The summed E-state index contributed by atoms with van der Waals surface area (Å²) >= 11 is 3.83. The van der Waals surface area contributed by atoms with Gasteiger partial charge in [0.05, 0.1) is 23.4 Å².